The van der Waals surface area contributed by atoms with Crippen LogP contribution in [0, 0.1) is 0 Å². The highest BCUT2D eigenvalue weighted by Crippen LogP contribution is 2.27. The molecule has 0 aromatic heterocycles. The Labute approximate surface area is 150 Å². The standard InChI is InChI=1S/C18H17Cl2NO3/c19-14-6-7-17(16(20)8-14)24-12-18(22)21-9-15(10-21)23-11-13-4-2-1-3-5-13/h1-8,15H,9-12H2. The van der Waals surface area contributed by atoms with Crippen molar-refractivity contribution in [3.05, 3.63) is 64.1 Å². The Morgan fingerprint density at radius 1 is 1.12 bits per heavy atom. The first-order valence-corrected chi connectivity index (χ1v) is 8.38. The lowest BCUT2D eigenvalue weighted by Crippen LogP contribution is -2.55. The van der Waals surface area contributed by atoms with Crippen molar-refractivity contribution in [3.8, 4) is 5.75 Å². The van der Waals surface area contributed by atoms with E-state index in [1.165, 1.54) is 0 Å². The minimum absolute atomic E-state index is 0.0489. The molecule has 0 atom stereocenters. The van der Waals surface area contributed by atoms with Crippen molar-refractivity contribution in [2.45, 2.75) is 12.7 Å². The number of nitrogens with zero attached hydrogens (tertiary/aromatic N) is 1. The van der Waals surface area contributed by atoms with Gasteiger partial charge in [-0.1, -0.05) is 53.5 Å². The van der Waals surface area contributed by atoms with E-state index in [-0.39, 0.29) is 18.6 Å². The minimum Gasteiger partial charge on any atom is -0.482 e. The maximum atomic E-state index is 12.1. The number of hydrogen-bond donors (Lipinski definition) is 0. The molecule has 126 valence electrons. The molecule has 0 radical (unpaired) electrons. The Morgan fingerprint density at radius 2 is 1.88 bits per heavy atom. The molecule has 1 aliphatic heterocycles. The van der Waals surface area contributed by atoms with Gasteiger partial charge in [0.25, 0.3) is 5.91 Å². The number of ether oxygens (including phenoxy) is 2. The number of carbonyl (C=O) groups excluding carboxylic acids is 1. The second kappa shape index (κ2) is 7.88. The average molecular weight is 366 g/mol. The van der Waals surface area contributed by atoms with E-state index in [0.29, 0.717) is 35.5 Å². The Balaban J connectivity index is 1.38. The molecule has 1 fully saturated rings. The third-order valence-electron chi connectivity index (χ3n) is 3.77. The van der Waals surface area contributed by atoms with Gasteiger partial charge in [0.15, 0.2) is 6.61 Å². The highest BCUT2D eigenvalue weighted by Gasteiger charge is 2.31. The number of carbonyl (C=O) groups is 1. The van der Waals surface area contributed by atoms with Gasteiger partial charge in [0.2, 0.25) is 0 Å². The van der Waals surface area contributed by atoms with Crippen LogP contribution in [0.25, 0.3) is 0 Å². The van der Waals surface area contributed by atoms with Crippen LogP contribution in [-0.2, 0) is 16.1 Å². The monoisotopic (exact) mass is 365 g/mol. The van der Waals surface area contributed by atoms with E-state index in [9.17, 15) is 4.79 Å². The van der Waals surface area contributed by atoms with Crippen LogP contribution >= 0.6 is 23.2 Å². The van der Waals surface area contributed by atoms with Gasteiger partial charge in [-0.3, -0.25) is 4.79 Å². The van der Waals surface area contributed by atoms with E-state index >= 15 is 0 Å². The first kappa shape index (κ1) is 17.1. The Morgan fingerprint density at radius 3 is 2.58 bits per heavy atom. The number of likely N-dealkylation sites (tertiary alicyclic amines) is 1. The summed E-state index contributed by atoms with van der Waals surface area (Å²) in [6.45, 7) is 1.68. The molecule has 0 unspecified atom stereocenters. The van der Waals surface area contributed by atoms with Crippen LogP contribution in [0.2, 0.25) is 10.0 Å². The number of amides is 1. The summed E-state index contributed by atoms with van der Waals surface area (Å²) in [5.74, 6) is 0.368. The molecule has 4 nitrogen and oxygen atoms in total. The fraction of sp³-hybridized carbons (Fsp3) is 0.278. The maximum Gasteiger partial charge on any atom is 0.260 e. The molecule has 24 heavy (non-hydrogen) atoms. The lowest BCUT2D eigenvalue weighted by atomic mass is 10.1. The van der Waals surface area contributed by atoms with E-state index in [0.717, 1.165) is 5.56 Å². The minimum atomic E-state index is -0.0828. The van der Waals surface area contributed by atoms with E-state index in [4.69, 9.17) is 32.7 Å². The summed E-state index contributed by atoms with van der Waals surface area (Å²) in [5.41, 5.74) is 1.13. The Bertz CT molecular complexity index is 703. The molecule has 2 aromatic rings. The predicted octanol–water partition coefficient (Wildman–Crippen LogP) is 3.80. The van der Waals surface area contributed by atoms with Crippen LogP contribution in [0.3, 0.4) is 0 Å². The van der Waals surface area contributed by atoms with Gasteiger partial charge >= 0.3 is 0 Å². The summed E-state index contributed by atoms with van der Waals surface area (Å²) in [7, 11) is 0. The molecule has 1 aliphatic rings. The highest BCUT2D eigenvalue weighted by molar-refractivity contribution is 6.35. The summed E-state index contributed by atoms with van der Waals surface area (Å²) in [6, 6.07) is 14.9. The topological polar surface area (TPSA) is 38.8 Å². The molecule has 0 aliphatic carbocycles. The van der Waals surface area contributed by atoms with E-state index in [2.05, 4.69) is 0 Å². The van der Waals surface area contributed by atoms with Gasteiger partial charge in [0.05, 0.1) is 17.7 Å². The first-order valence-electron chi connectivity index (χ1n) is 7.63. The molecule has 0 N–H and O–H groups in total. The van der Waals surface area contributed by atoms with Crippen molar-refractivity contribution >= 4 is 29.1 Å². The fourth-order valence-corrected chi connectivity index (χ4v) is 2.82. The van der Waals surface area contributed by atoms with Gasteiger partial charge in [-0.05, 0) is 23.8 Å². The zero-order chi connectivity index (χ0) is 16.9. The van der Waals surface area contributed by atoms with Crippen molar-refractivity contribution in [2.24, 2.45) is 0 Å². The predicted molar refractivity (Wildman–Crippen MR) is 93.6 cm³/mol. The fourth-order valence-electron chi connectivity index (χ4n) is 2.36. The molecule has 2 aromatic carbocycles. The second-order valence-corrected chi connectivity index (χ2v) is 6.42. The van der Waals surface area contributed by atoms with E-state index in [1.807, 2.05) is 30.3 Å². The molecule has 1 heterocycles. The number of halogens is 2. The number of rotatable bonds is 6. The van der Waals surface area contributed by atoms with Crippen LogP contribution in [0.15, 0.2) is 48.5 Å². The van der Waals surface area contributed by atoms with Gasteiger partial charge < -0.3 is 14.4 Å². The Kier molecular flexibility index (Phi) is 5.61. The third-order valence-corrected chi connectivity index (χ3v) is 4.30. The molecule has 0 bridgehead atoms. The summed E-state index contributed by atoms with van der Waals surface area (Å²) in [4.78, 5) is 13.8. The average Bonchev–Trinajstić information content (AvgIpc) is 2.53. The second-order valence-electron chi connectivity index (χ2n) is 5.58. The molecule has 1 amide bonds. The Hall–Kier alpha value is -1.75. The zero-order valence-corrected chi connectivity index (χ0v) is 14.5. The highest BCUT2D eigenvalue weighted by atomic mass is 35.5. The molecule has 0 spiro atoms. The largest absolute Gasteiger partial charge is 0.482 e. The van der Waals surface area contributed by atoms with Crippen LogP contribution in [0.4, 0.5) is 0 Å². The molecule has 6 heteroatoms. The van der Waals surface area contributed by atoms with E-state index in [1.54, 1.807) is 23.1 Å². The SMILES string of the molecule is O=C(COc1ccc(Cl)cc1Cl)N1CC(OCc2ccccc2)C1. The zero-order valence-electron chi connectivity index (χ0n) is 13.0. The van der Waals surface area contributed by atoms with Gasteiger partial charge in [-0.25, -0.2) is 0 Å². The van der Waals surface area contributed by atoms with Gasteiger partial charge in [-0.2, -0.15) is 0 Å². The first-order chi connectivity index (χ1) is 11.6. The van der Waals surface area contributed by atoms with Crippen LogP contribution in [0.5, 0.6) is 5.75 Å². The third kappa shape index (κ3) is 4.41. The van der Waals surface area contributed by atoms with Crippen LogP contribution < -0.4 is 4.74 Å². The summed E-state index contributed by atoms with van der Waals surface area (Å²) in [5, 5.41) is 0.919. The van der Waals surface area contributed by atoms with Crippen LogP contribution in [0.1, 0.15) is 5.56 Å². The van der Waals surface area contributed by atoms with Crippen molar-refractivity contribution in [1.29, 1.82) is 0 Å². The normalized spacial score (nSPS) is 14.3. The molecule has 0 saturated carbocycles. The summed E-state index contributed by atoms with van der Waals surface area (Å²) in [6.07, 6.45) is 0.0771. The van der Waals surface area contributed by atoms with Crippen molar-refractivity contribution in [3.63, 3.8) is 0 Å². The lowest BCUT2D eigenvalue weighted by Gasteiger charge is -2.38. The maximum absolute atomic E-state index is 12.1. The molecular weight excluding hydrogens is 349 g/mol. The van der Waals surface area contributed by atoms with Gasteiger partial charge in [0.1, 0.15) is 5.75 Å². The lowest BCUT2D eigenvalue weighted by molar-refractivity contribution is -0.148. The molecule has 1 saturated heterocycles. The van der Waals surface area contributed by atoms with Crippen molar-refractivity contribution in [2.75, 3.05) is 19.7 Å². The molecular formula is C18H17Cl2NO3. The van der Waals surface area contributed by atoms with E-state index < -0.39 is 0 Å². The van der Waals surface area contributed by atoms with Crippen LogP contribution in [-0.4, -0.2) is 36.6 Å². The molecule has 3 rings (SSSR count). The van der Waals surface area contributed by atoms with Crippen molar-refractivity contribution in [1.82, 2.24) is 4.90 Å². The number of benzene rings is 2. The van der Waals surface area contributed by atoms with Gasteiger partial charge in [-0.15, -0.1) is 0 Å². The van der Waals surface area contributed by atoms with Gasteiger partial charge in [0, 0.05) is 18.1 Å². The number of hydrogen-bond acceptors (Lipinski definition) is 3. The van der Waals surface area contributed by atoms with Crippen molar-refractivity contribution < 1.29 is 14.3 Å². The summed E-state index contributed by atoms with van der Waals surface area (Å²) >= 11 is 11.8. The quantitative estimate of drug-likeness (QED) is 0.781. The smallest absolute Gasteiger partial charge is 0.260 e. The summed E-state index contributed by atoms with van der Waals surface area (Å²) < 4.78 is 11.2.